The van der Waals surface area contributed by atoms with Crippen LogP contribution in [0.4, 0.5) is 0 Å². The van der Waals surface area contributed by atoms with Gasteiger partial charge in [0.25, 0.3) is 0 Å². The molecule has 108 valence electrons. The van der Waals surface area contributed by atoms with Gasteiger partial charge in [-0.1, -0.05) is 43.5 Å². The first-order valence-electron chi connectivity index (χ1n) is 7.12. The molecule has 3 nitrogen and oxygen atoms in total. The molecule has 0 bridgehead atoms. The van der Waals surface area contributed by atoms with Gasteiger partial charge in [0.15, 0.2) is 0 Å². The van der Waals surface area contributed by atoms with E-state index in [0.29, 0.717) is 0 Å². The first-order valence-corrected chi connectivity index (χ1v) is 7.12. The van der Waals surface area contributed by atoms with Crippen molar-refractivity contribution in [3.8, 4) is 5.75 Å². The van der Waals surface area contributed by atoms with Crippen LogP contribution in [0.1, 0.15) is 37.7 Å². The number of hydrogen-bond acceptors (Lipinski definition) is 3. The summed E-state index contributed by atoms with van der Waals surface area (Å²) in [7, 11) is 3.12. The number of carbonyl (C=O) groups excluding carboxylic acids is 1. The Morgan fingerprint density at radius 3 is 2.30 bits per heavy atom. The van der Waals surface area contributed by atoms with Gasteiger partial charge >= 0.3 is 5.97 Å². The van der Waals surface area contributed by atoms with Gasteiger partial charge in [-0.15, -0.1) is 0 Å². The molecule has 0 heterocycles. The molecule has 0 aromatic heterocycles. The van der Waals surface area contributed by atoms with Crippen LogP contribution in [0.25, 0.3) is 6.08 Å². The summed E-state index contributed by atoms with van der Waals surface area (Å²) in [6.45, 7) is 0. The van der Waals surface area contributed by atoms with E-state index < -0.39 is 5.41 Å². The zero-order chi connectivity index (χ0) is 14.4. The zero-order valence-corrected chi connectivity index (χ0v) is 12.2. The Balaban J connectivity index is 2.17. The van der Waals surface area contributed by atoms with E-state index in [1.54, 1.807) is 7.11 Å². The molecular formula is C17H22O3. The van der Waals surface area contributed by atoms with Crippen LogP contribution in [-0.4, -0.2) is 20.2 Å². The molecule has 0 radical (unpaired) electrons. The van der Waals surface area contributed by atoms with Gasteiger partial charge in [0, 0.05) is 0 Å². The second-order valence-electron chi connectivity index (χ2n) is 5.31. The van der Waals surface area contributed by atoms with Crippen molar-refractivity contribution in [1.82, 2.24) is 0 Å². The lowest BCUT2D eigenvalue weighted by molar-refractivity contribution is -0.151. The molecule has 3 heteroatoms. The maximum Gasteiger partial charge on any atom is 0.315 e. The Hall–Kier alpha value is -1.77. The van der Waals surface area contributed by atoms with Gasteiger partial charge in [0.1, 0.15) is 5.75 Å². The lowest BCUT2D eigenvalue weighted by Crippen LogP contribution is -2.32. The number of carbonyl (C=O) groups is 1. The molecule has 0 unspecified atom stereocenters. The fraction of sp³-hybridized carbons (Fsp3) is 0.471. The SMILES string of the molecule is COC(=O)C1(/C=C/c2ccc(OC)cc2)CCCCC1. The number of esters is 1. The van der Waals surface area contributed by atoms with E-state index in [2.05, 4.69) is 0 Å². The number of methoxy groups -OCH3 is 2. The van der Waals surface area contributed by atoms with Crippen molar-refractivity contribution in [2.75, 3.05) is 14.2 Å². The number of benzene rings is 1. The van der Waals surface area contributed by atoms with E-state index in [-0.39, 0.29) is 5.97 Å². The van der Waals surface area contributed by atoms with E-state index in [0.717, 1.165) is 37.0 Å². The average molecular weight is 274 g/mol. The molecule has 0 atom stereocenters. The number of rotatable bonds is 4. The lowest BCUT2D eigenvalue weighted by atomic mass is 9.73. The topological polar surface area (TPSA) is 35.5 Å². The molecule has 1 aromatic carbocycles. The molecule has 1 fully saturated rings. The Morgan fingerprint density at radius 1 is 1.10 bits per heavy atom. The Kier molecular flexibility index (Phi) is 4.83. The average Bonchev–Trinajstić information content (AvgIpc) is 2.53. The normalized spacial score (nSPS) is 17.9. The van der Waals surface area contributed by atoms with E-state index in [4.69, 9.17) is 9.47 Å². The van der Waals surface area contributed by atoms with E-state index in [9.17, 15) is 4.79 Å². The minimum Gasteiger partial charge on any atom is -0.497 e. The third-order valence-electron chi connectivity index (χ3n) is 4.05. The van der Waals surface area contributed by atoms with Crippen LogP contribution >= 0.6 is 0 Å². The predicted molar refractivity (Wildman–Crippen MR) is 79.6 cm³/mol. The van der Waals surface area contributed by atoms with Crippen molar-refractivity contribution in [1.29, 1.82) is 0 Å². The second-order valence-corrected chi connectivity index (χ2v) is 5.31. The minimum atomic E-state index is -0.438. The monoisotopic (exact) mass is 274 g/mol. The first kappa shape index (κ1) is 14.6. The van der Waals surface area contributed by atoms with Crippen molar-refractivity contribution in [2.24, 2.45) is 5.41 Å². The number of ether oxygens (including phenoxy) is 2. The van der Waals surface area contributed by atoms with Crippen LogP contribution in [0, 0.1) is 5.41 Å². The third kappa shape index (κ3) is 3.21. The van der Waals surface area contributed by atoms with Gasteiger partial charge in [-0.2, -0.15) is 0 Å². The molecule has 0 aliphatic heterocycles. The standard InChI is InChI=1S/C17H22O3/c1-19-15-8-6-14(7-9-15)10-13-17(16(18)20-2)11-4-3-5-12-17/h6-10,13H,3-5,11-12H2,1-2H3/b13-10+. The summed E-state index contributed by atoms with van der Waals surface area (Å²) in [4.78, 5) is 12.1. The van der Waals surface area contributed by atoms with Crippen molar-refractivity contribution < 1.29 is 14.3 Å². The molecular weight excluding hydrogens is 252 g/mol. The van der Waals surface area contributed by atoms with Gasteiger partial charge in [-0.05, 0) is 30.5 Å². The van der Waals surface area contributed by atoms with Gasteiger partial charge in [0.2, 0.25) is 0 Å². The van der Waals surface area contributed by atoms with Gasteiger partial charge in [-0.25, -0.2) is 0 Å². The summed E-state index contributed by atoms with van der Waals surface area (Å²) < 4.78 is 10.1. The molecule has 20 heavy (non-hydrogen) atoms. The van der Waals surface area contributed by atoms with E-state index >= 15 is 0 Å². The van der Waals surface area contributed by atoms with E-state index in [1.165, 1.54) is 13.5 Å². The quantitative estimate of drug-likeness (QED) is 0.783. The highest BCUT2D eigenvalue weighted by Crippen LogP contribution is 2.39. The van der Waals surface area contributed by atoms with Crippen LogP contribution in [0.2, 0.25) is 0 Å². The summed E-state index contributed by atoms with van der Waals surface area (Å²) in [6, 6.07) is 7.82. The smallest absolute Gasteiger partial charge is 0.315 e. The maximum absolute atomic E-state index is 12.1. The molecule has 2 rings (SSSR count). The van der Waals surface area contributed by atoms with Crippen LogP contribution in [0.5, 0.6) is 5.75 Å². The van der Waals surface area contributed by atoms with Gasteiger partial charge < -0.3 is 9.47 Å². The fourth-order valence-corrected chi connectivity index (χ4v) is 2.80. The minimum absolute atomic E-state index is 0.109. The molecule has 0 saturated heterocycles. The molecule has 1 aliphatic rings. The van der Waals surface area contributed by atoms with Crippen molar-refractivity contribution in [3.63, 3.8) is 0 Å². The van der Waals surface area contributed by atoms with Crippen molar-refractivity contribution in [2.45, 2.75) is 32.1 Å². The van der Waals surface area contributed by atoms with Gasteiger partial charge in [0.05, 0.1) is 19.6 Å². The van der Waals surface area contributed by atoms with Gasteiger partial charge in [-0.3, -0.25) is 4.79 Å². The second kappa shape index (κ2) is 6.60. The molecule has 1 saturated carbocycles. The Bertz CT molecular complexity index is 468. The molecule has 1 aromatic rings. The summed E-state index contributed by atoms with van der Waals surface area (Å²) in [5, 5.41) is 0. The van der Waals surface area contributed by atoms with Crippen molar-refractivity contribution in [3.05, 3.63) is 35.9 Å². The predicted octanol–water partition coefficient (Wildman–Crippen LogP) is 3.83. The highest BCUT2D eigenvalue weighted by Gasteiger charge is 2.37. The van der Waals surface area contributed by atoms with Crippen LogP contribution < -0.4 is 4.74 Å². The molecule has 0 spiro atoms. The highest BCUT2D eigenvalue weighted by molar-refractivity contribution is 5.80. The largest absolute Gasteiger partial charge is 0.497 e. The lowest BCUT2D eigenvalue weighted by Gasteiger charge is -2.31. The maximum atomic E-state index is 12.1. The summed E-state index contributed by atoms with van der Waals surface area (Å²) in [5.41, 5.74) is 0.632. The number of hydrogen-bond donors (Lipinski definition) is 0. The Labute approximate surface area is 120 Å². The molecule has 0 N–H and O–H groups in total. The van der Waals surface area contributed by atoms with Crippen LogP contribution in [0.15, 0.2) is 30.3 Å². The van der Waals surface area contributed by atoms with Crippen LogP contribution in [0.3, 0.4) is 0 Å². The Morgan fingerprint density at radius 2 is 1.75 bits per heavy atom. The first-order chi connectivity index (χ1) is 9.70. The highest BCUT2D eigenvalue weighted by atomic mass is 16.5. The van der Waals surface area contributed by atoms with Crippen LogP contribution in [-0.2, 0) is 9.53 Å². The summed E-state index contributed by atoms with van der Waals surface area (Å²) >= 11 is 0. The third-order valence-corrected chi connectivity index (χ3v) is 4.05. The van der Waals surface area contributed by atoms with Crippen molar-refractivity contribution >= 4 is 12.0 Å². The van der Waals surface area contributed by atoms with E-state index in [1.807, 2.05) is 36.4 Å². The summed E-state index contributed by atoms with van der Waals surface area (Å²) in [5.74, 6) is 0.726. The molecule has 1 aliphatic carbocycles. The zero-order valence-electron chi connectivity index (χ0n) is 12.2. The summed E-state index contributed by atoms with van der Waals surface area (Å²) in [6.07, 6.45) is 9.18. The fourth-order valence-electron chi connectivity index (χ4n) is 2.80. The molecule has 0 amide bonds.